The monoisotopic (exact) mass is 522 g/mol. The first kappa shape index (κ1) is 25.4. The molecular formula is C31H34N6O2. The van der Waals surface area contributed by atoms with Crippen LogP contribution in [0.1, 0.15) is 43.4 Å². The van der Waals surface area contributed by atoms with Gasteiger partial charge in [0, 0.05) is 67.5 Å². The molecule has 0 saturated carbocycles. The molecule has 0 radical (unpaired) electrons. The molecule has 4 aromatic rings. The van der Waals surface area contributed by atoms with Crippen LogP contribution in [-0.2, 0) is 13.0 Å². The summed E-state index contributed by atoms with van der Waals surface area (Å²) in [6, 6.07) is 11.5. The molecule has 3 fully saturated rings. The third-order valence-corrected chi connectivity index (χ3v) is 7.95. The van der Waals surface area contributed by atoms with Gasteiger partial charge in [-0.05, 0) is 62.4 Å². The predicted molar refractivity (Wildman–Crippen MR) is 152 cm³/mol. The molecule has 0 aromatic carbocycles. The standard InChI is InChI=1S/C31H34N6O2/c1-5-23-16-34-37-18-21(10-11-31(2,3)38)12-27(30(23)37)24-7-8-28(32-15-24)35-19-25-13-26(20-35)36(25)17-22-6-9-29(39-4)33-14-22/h1,6-9,12,14-16,18,25-26,38H,10-11,13,17,19-20H2,2-4H3. The summed E-state index contributed by atoms with van der Waals surface area (Å²) < 4.78 is 7.04. The minimum atomic E-state index is -0.733. The maximum absolute atomic E-state index is 10.2. The number of piperazine rings is 1. The first-order valence-electron chi connectivity index (χ1n) is 13.5. The molecule has 2 bridgehead atoms. The van der Waals surface area contributed by atoms with Crippen molar-refractivity contribution in [2.24, 2.45) is 0 Å². The predicted octanol–water partition coefficient (Wildman–Crippen LogP) is 3.95. The lowest BCUT2D eigenvalue weighted by molar-refractivity contribution is -0.00876. The third kappa shape index (κ3) is 5.08. The first-order valence-corrected chi connectivity index (χ1v) is 13.5. The summed E-state index contributed by atoms with van der Waals surface area (Å²) >= 11 is 0. The van der Waals surface area contributed by atoms with E-state index >= 15 is 0 Å². The van der Waals surface area contributed by atoms with E-state index in [0.29, 0.717) is 24.4 Å². The van der Waals surface area contributed by atoms with E-state index in [2.05, 4.69) is 50.1 Å². The Kier molecular flexibility index (Phi) is 6.49. The van der Waals surface area contributed by atoms with E-state index < -0.39 is 5.60 Å². The molecule has 39 heavy (non-hydrogen) atoms. The smallest absolute Gasteiger partial charge is 0.212 e. The van der Waals surface area contributed by atoms with E-state index in [-0.39, 0.29) is 0 Å². The van der Waals surface area contributed by atoms with Gasteiger partial charge in [-0.25, -0.2) is 14.5 Å². The molecule has 200 valence electrons. The van der Waals surface area contributed by atoms with E-state index in [4.69, 9.17) is 16.1 Å². The Bertz CT molecular complexity index is 1500. The van der Waals surface area contributed by atoms with E-state index in [0.717, 1.165) is 59.6 Å². The molecule has 3 saturated heterocycles. The van der Waals surface area contributed by atoms with Gasteiger partial charge in [0.1, 0.15) is 5.82 Å². The summed E-state index contributed by atoms with van der Waals surface area (Å²) in [5.41, 5.74) is 5.24. The first-order chi connectivity index (χ1) is 18.8. The molecule has 8 heteroatoms. The van der Waals surface area contributed by atoms with Crippen LogP contribution in [-0.4, -0.2) is 67.5 Å². The molecule has 0 spiro atoms. The number of piperidine rings is 1. The number of fused-ring (bicyclic) bond motifs is 3. The number of hydrogen-bond donors (Lipinski definition) is 1. The van der Waals surface area contributed by atoms with Crippen LogP contribution in [0.15, 0.2) is 55.1 Å². The van der Waals surface area contributed by atoms with Crippen LogP contribution in [0.5, 0.6) is 5.88 Å². The second kappa shape index (κ2) is 9.99. The fraction of sp³-hybridized carbons (Fsp3) is 0.387. The molecule has 7 heterocycles. The number of hydrogen-bond acceptors (Lipinski definition) is 7. The maximum atomic E-state index is 10.2. The number of ether oxygens (including phenoxy) is 1. The molecule has 0 aliphatic carbocycles. The van der Waals surface area contributed by atoms with Gasteiger partial charge in [0.25, 0.3) is 0 Å². The second-order valence-electron chi connectivity index (χ2n) is 11.3. The van der Waals surface area contributed by atoms with E-state index in [1.165, 1.54) is 12.0 Å². The van der Waals surface area contributed by atoms with Crippen molar-refractivity contribution >= 4 is 11.3 Å². The average Bonchev–Trinajstić information content (AvgIpc) is 3.37. The Morgan fingerprint density at radius 3 is 2.54 bits per heavy atom. The zero-order chi connectivity index (χ0) is 27.1. The molecule has 1 N–H and O–H groups in total. The van der Waals surface area contributed by atoms with E-state index in [1.807, 2.05) is 43.0 Å². The fourth-order valence-corrected chi connectivity index (χ4v) is 5.79. The number of rotatable bonds is 8. The average molecular weight is 523 g/mol. The van der Waals surface area contributed by atoms with Crippen molar-refractivity contribution in [3.8, 4) is 29.4 Å². The summed E-state index contributed by atoms with van der Waals surface area (Å²) in [6.45, 7) is 6.51. The number of anilines is 1. The topological polar surface area (TPSA) is 79.0 Å². The SMILES string of the molecule is C#Cc1cnn2cc(CCC(C)(C)O)cc(-c3ccc(N4CC5CC(C4)N5Cc4ccc(OC)nc4)nc3)c12. The molecule has 7 rings (SSSR count). The minimum absolute atomic E-state index is 0.518. The normalized spacial score (nSPS) is 19.1. The summed E-state index contributed by atoms with van der Waals surface area (Å²) in [4.78, 5) is 14.2. The minimum Gasteiger partial charge on any atom is -0.481 e. The van der Waals surface area contributed by atoms with E-state index in [1.54, 1.807) is 13.3 Å². The van der Waals surface area contributed by atoms with Gasteiger partial charge in [-0.3, -0.25) is 4.90 Å². The lowest BCUT2D eigenvalue weighted by Gasteiger charge is -2.56. The lowest BCUT2D eigenvalue weighted by Crippen LogP contribution is -2.68. The highest BCUT2D eigenvalue weighted by Gasteiger charge is 2.44. The van der Waals surface area contributed by atoms with Crippen molar-refractivity contribution in [1.82, 2.24) is 24.5 Å². The lowest BCUT2D eigenvalue weighted by atomic mass is 9.87. The van der Waals surface area contributed by atoms with Gasteiger partial charge in [-0.15, -0.1) is 6.42 Å². The van der Waals surface area contributed by atoms with Crippen molar-refractivity contribution in [3.05, 3.63) is 71.8 Å². The third-order valence-electron chi connectivity index (χ3n) is 7.95. The largest absolute Gasteiger partial charge is 0.481 e. The van der Waals surface area contributed by atoms with Gasteiger partial charge in [0.05, 0.1) is 30.0 Å². The van der Waals surface area contributed by atoms with Crippen LogP contribution in [0.4, 0.5) is 5.82 Å². The zero-order valence-corrected chi connectivity index (χ0v) is 22.7. The molecule has 0 amide bonds. The highest BCUT2D eigenvalue weighted by Crippen LogP contribution is 2.36. The van der Waals surface area contributed by atoms with Crippen LogP contribution in [0.3, 0.4) is 0 Å². The number of terminal acetylenes is 1. The number of methoxy groups -OCH3 is 1. The molecule has 4 aromatic heterocycles. The maximum Gasteiger partial charge on any atom is 0.212 e. The zero-order valence-electron chi connectivity index (χ0n) is 22.7. The Morgan fingerprint density at radius 1 is 1.08 bits per heavy atom. The molecule has 2 atom stereocenters. The highest BCUT2D eigenvalue weighted by atomic mass is 16.5. The molecule has 3 aliphatic heterocycles. The van der Waals surface area contributed by atoms with Crippen LogP contribution >= 0.6 is 0 Å². The molecule has 2 unspecified atom stereocenters. The van der Waals surface area contributed by atoms with Crippen molar-refractivity contribution in [1.29, 1.82) is 0 Å². The quantitative estimate of drug-likeness (QED) is 0.351. The van der Waals surface area contributed by atoms with Crippen molar-refractivity contribution in [3.63, 3.8) is 0 Å². The number of pyridine rings is 3. The molecular weight excluding hydrogens is 488 g/mol. The Morgan fingerprint density at radius 2 is 1.90 bits per heavy atom. The van der Waals surface area contributed by atoms with Gasteiger partial charge in [0.2, 0.25) is 5.88 Å². The summed E-state index contributed by atoms with van der Waals surface area (Å²) in [5.74, 6) is 4.41. The van der Waals surface area contributed by atoms with Crippen LogP contribution < -0.4 is 9.64 Å². The second-order valence-corrected chi connectivity index (χ2v) is 11.3. The van der Waals surface area contributed by atoms with Crippen LogP contribution in [0, 0.1) is 12.3 Å². The van der Waals surface area contributed by atoms with Crippen molar-refractivity contribution in [2.75, 3.05) is 25.1 Å². The fourth-order valence-electron chi connectivity index (χ4n) is 5.79. The van der Waals surface area contributed by atoms with Gasteiger partial charge in [0.15, 0.2) is 0 Å². The Labute approximate surface area is 229 Å². The molecule has 3 aliphatic rings. The highest BCUT2D eigenvalue weighted by molar-refractivity contribution is 5.85. The van der Waals surface area contributed by atoms with Gasteiger partial charge in [-0.2, -0.15) is 5.10 Å². The van der Waals surface area contributed by atoms with Gasteiger partial charge in [-0.1, -0.05) is 12.0 Å². The Balaban J connectivity index is 1.19. The van der Waals surface area contributed by atoms with Crippen LogP contribution in [0.2, 0.25) is 0 Å². The number of aliphatic hydroxyl groups is 1. The summed E-state index contributed by atoms with van der Waals surface area (Å²) in [6.07, 6.45) is 16.0. The number of nitrogens with zero attached hydrogens (tertiary/aromatic N) is 6. The van der Waals surface area contributed by atoms with Crippen molar-refractivity contribution < 1.29 is 9.84 Å². The number of aryl methyl sites for hydroxylation is 1. The summed E-state index contributed by atoms with van der Waals surface area (Å²) in [7, 11) is 1.64. The van der Waals surface area contributed by atoms with Crippen LogP contribution in [0.25, 0.3) is 16.6 Å². The van der Waals surface area contributed by atoms with E-state index in [9.17, 15) is 5.11 Å². The van der Waals surface area contributed by atoms with Crippen molar-refractivity contribution in [2.45, 2.75) is 57.3 Å². The molecule has 8 nitrogen and oxygen atoms in total. The number of aromatic nitrogens is 4. The summed E-state index contributed by atoms with van der Waals surface area (Å²) in [5, 5.41) is 14.7. The van der Waals surface area contributed by atoms with Gasteiger partial charge < -0.3 is 14.7 Å². The Hall–Kier alpha value is -3.93. The van der Waals surface area contributed by atoms with Gasteiger partial charge >= 0.3 is 0 Å².